The third kappa shape index (κ3) is 4.03. The molecule has 0 N–H and O–H groups in total. The molecule has 0 aliphatic carbocycles. The van der Waals surface area contributed by atoms with Crippen molar-refractivity contribution in [3.05, 3.63) is 158 Å². The van der Waals surface area contributed by atoms with E-state index in [1.807, 2.05) is 36.5 Å². The zero-order chi connectivity index (χ0) is 27.9. The molecule has 3 heteroatoms. The molecule has 0 unspecified atom stereocenters. The number of hydrogen-bond donors (Lipinski definition) is 0. The van der Waals surface area contributed by atoms with Gasteiger partial charge in [0.2, 0.25) is 0 Å². The van der Waals surface area contributed by atoms with Gasteiger partial charge in [-0.1, -0.05) is 91.0 Å². The SMILES string of the molecule is c1ccc(N(c2ccccc2)c2ccc(-c3cc4ccccc4c4c3oc3cccc(-c5ccccn5)c34)cc2)cc1. The van der Waals surface area contributed by atoms with Crippen LogP contribution in [0.3, 0.4) is 0 Å². The maximum Gasteiger partial charge on any atom is 0.143 e. The van der Waals surface area contributed by atoms with Gasteiger partial charge >= 0.3 is 0 Å². The average molecular weight is 539 g/mol. The van der Waals surface area contributed by atoms with E-state index in [0.29, 0.717) is 0 Å². The number of aromatic nitrogens is 1. The Morgan fingerprint density at radius 2 is 1.17 bits per heavy atom. The number of benzene rings is 6. The van der Waals surface area contributed by atoms with E-state index in [4.69, 9.17) is 4.42 Å². The Kier molecular flexibility index (Phi) is 5.79. The molecule has 3 nitrogen and oxygen atoms in total. The molecule has 0 saturated heterocycles. The molecule has 0 amide bonds. The normalized spacial score (nSPS) is 11.3. The molecule has 0 saturated carbocycles. The van der Waals surface area contributed by atoms with Crippen molar-refractivity contribution < 1.29 is 4.42 Å². The number of furan rings is 1. The standard InChI is InChI=1S/C39H26N2O/c1-3-13-29(14-4-1)41(30-15-5-2-6-16-30)31-23-21-27(22-24-31)34-26-28-12-7-8-17-32(28)38-37-33(35-19-9-10-25-40-35)18-11-20-36(37)42-39(34)38/h1-26H. The van der Waals surface area contributed by atoms with Crippen LogP contribution in [0.5, 0.6) is 0 Å². The molecule has 8 rings (SSSR count). The average Bonchev–Trinajstić information content (AvgIpc) is 3.47. The van der Waals surface area contributed by atoms with Crippen LogP contribution in [0.4, 0.5) is 17.1 Å². The number of fused-ring (bicyclic) bond motifs is 5. The zero-order valence-corrected chi connectivity index (χ0v) is 22.8. The predicted molar refractivity (Wildman–Crippen MR) is 175 cm³/mol. The minimum atomic E-state index is 0.863. The second-order valence-corrected chi connectivity index (χ2v) is 10.4. The summed E-state index contributed by atoms with van der Waals surface area (Å²) >= 11 is 0. The molecule has 0 spiro atoms. The number of rotatable bonds is 5. The van der Waals surface area contributed by atoms with Gasteiger partial charge in [-0.25, -0.2) is 0 Å². The fourth-order valence-electron chi connectivity index (χ4n) is 6.01. The van der Waals surface area contributed by atoms with Crippen LogP contribution in [-0.2, 0) is 0 Å². The van der Waals surface area contributed by atoms with Crippen LogP contribution < -0.4 is 4.90 Å². The highest BCUT2D eigenvalue weighted by Gasteiger charge is 2.20. The van der Waals surface area contributed by atoms with Crippen LogP contribution in [0, 0.1) is 0 Å². The van der Waals surface area contributed by atoms with Crippen molar-refractivity contribution >= 4 is 49.8 Å². The van der Waals surface area contributed by atoms with Gasteiger partial charge in [0.15, 0.2) is 0 Å². The number of nitrogens with zero attached hydrogens (tertiary/aromatic N) is 2. The first kappa shape index (κ1) is 24.2. The number of pyridine rings is 1. The summed E-state index contributed by atoms with van der Waals surface area (Å²) in [4.78, 5) is 6.95. The second-order valence-electron chi connectivity index (χ2n) is 10.4. The van der Waals surface area contributed by atoms with Gasteiger partial charge in [0.05, 0.1) is 5.69 Å². The maximum absolute atomic E-state index is 6.69. The molecule has 6 aromatic carbocycles. The van der Waals surface area contributed by atoms with E-state index in [1.54, 1.807) is 0 Å². The summed E-state index contributed by atoms with van der Waals surface area (Å²) in [7, 11) is 0. The lowest BCUT2D eigenvalue weighted by atomic mass is 9.94. The Bertz CT molecular complexity index is 2130. The largest absolute Gasteiger partial charge is 0.455 e. The quantitative estimate of drug-likeness (QED) is 0.218. The fraction of sp³-hybridized carbons (Fsp3) is 0. The van der Waals surface area contributed by atoms with Gasteiger partial charge in [-0.3, -0.25) is 4.98 Å². The van der Waals surface area contributed by atoms with Crippen molar-refractivity contribution in [3.8, 4) is 22.4 Å². The van der Waals surface area contributed by atoms with E-state index in [1.165, 1.54) is 10.8 Å². The molecule has 0 fully saturated rings. The van der Waals surface area contributed by atoms with E-state index in [2.05, 4.69) is 131 Å². The van der Waals surface area contributed by atoms with Crippen molar-refractivity contribution in [2.75, 3.05) is 4.90 Å². The van der Waals surface area contributed by atoms with Crippen molar-refractivity contribution in [1.29, 1.82) is 0 Å². The molecule has 0 radical (unpaired) electrons. The van der Waals surface area contributed by atoms with Gasteiger partial charge in [-0.2, -0.15) is 0 Å². The summed E-state index contributed by atoms with van der Waals surface area (Å²) in [5.74, 6) is 0. The maximum atomic E-state index is 6.69. The lowest BCUT2D eigenvalue weighted by Crippen LogP contribution is -2.09. The first-order chi connectivity index (χ1) is 20.8. The Morgan fingerprint density at radius 1 is 0.500 bits per heavy atom. The zero-order valence-electron chi connectivity index (χ0n) is 22.8. The molecule has 8 aromatic rings. The Morgan fingerprint density at radius 3 is 1.88 bits per heavy atom. The third-order valence-electron chi connectivity index (χ3n) is 7.90. The molecular formula is C39H26N2O. The lowest BCUT2D eigenvalue weighted by molar-refractivity contribution is 0.670. The van der Waals surface area contributed by atoms with Crippen molar-refractivity contribution in [3.63, 3.8) is 0 Å². The van der Waals surface area contributed by atoms with Gasteiger partial charge in [0.25, 0.3) is 0 Å². The summed E-state index contributed by atoms with van der Waals surface area (Å²) in [5, 5.41) is 4.57. The highest BCUT2D eigenvalue weighted by atomic mass is 16.3. The molecule has 198 valence electrons. The first-order valence-corrected chi connectivity index (χ1v) is 14.1. The van der Waals surface area contributed by atoms with Crippen LogP contribution in [0.25, 0.3) is 55.1 Å². The van der Waals surface area contributed by atoms with E-state index < -0.39 is 0 Å². The van der Waals surface area contributed by atoms with E-state index >= 15 is 0 Å². The molecule has 0 aliphatic heterocycles. The highest BCUT2D eigenvalue weighted by Crippen LogP contribution is 2.44. The van der Waals surface area contributed by atoms with Crippen LogP contribution in [0.1, 0.15) is 0 Å². The Hall–Kier alpha value is -5.67. The highest BCUT2D eigenvalue weighted by molar-refractivity contribution is 6.25. The molecule has 0 bridgehead atoms. The summed E-state index contributed by atoms with van der Waals surface area (Å²) < 4.78 is 6.69. The van der Waals surface area contributed by atoms with Crippen molar-refractivity contribution in [2.24, 2.45) is 0 Å². The van der Waals surface area contributed by atoms with Crippen LogP contribution >= 0.6 is 0 Å². The minimum absolute atomic E-state index is 0.863. The van der Waals surface area contributed by atoms with Crippen LogP contribution in [0.2, 0.25) is 0 Å². The second kappa shape index (κ2) is 10.1. The lowest BCUT2D eigenvalue weighted by Gasteiger charge is -2.25. The smallest absolute Gasteiger partial charge is 0.143 e. The third-order valence-corrected chi connectivity index (χ3v) is 7.90. The number of anilines is 3. The molecule has 2 heterocycles. The summed E-state index contributed by atoms with van der Waals surface area (Å²) in [5.41, 5.74) is 9.27. The van der Waals surface area contributed by atoms with Gasteiger partial charge in [-0.15, -0.1) is 0 Å². The van der Waals surface area contributed by atoms with Gasteiger partial charge in [-0.05, 0) is 77.0 Å². The van der Waals surface area contributed by atoms with Gasteiger partial charge in [0.1, 0.15) is 11.2 Å². The fourth-order valence-corrected chi connectivity index (χ4v) is 6.01. The Labute approximate surface area is 243 Å². The molecular weight excluding hydrogens is 512 g/mol. The van der Waals surface area contributed by atoms with Crippen molar-refractivity contribution in [2.45, 2.75) is 0 Å². The minimum Gasteiger partial charge on any atom is -0.455 e. The monoisotopic (exact) mass is 538 g/mol. The Balaban J connectivity index is 1.34. The molecule has 42 heavy (non-hydrogen) atoms. The number of para-hydroxylation sites is 2. The van der Waals surface area contributed by atoms with E-state index in [-0.39, 0.29) is 0 Å². The molecule has 0 atom stereocenters. The summed E-state index contributed by atoms with van der Waals surface area (Å²) in [6.07, 6.45) is 1.84. The van der Waals surface area contributed by atoms with Crippen LogP contribution in [0.15, 0.2) is 162 Å². The topological polar surface area (TPSA) is 29.3 Å². The van der Waals surface area contributed by atoms with Gasteiger partial charge < -0.3 is 9.32 Å². The number of hydrogen-bond acceptors (Lipinski definition) is 3. The van der Waals surface area contributed by atoms with E-state index in [0.717, 1.165) is 61.4 Å². The molecule has 0 aliphatic rings. The predicted octanol–water partition coefficient (Wildman–Crippen LogP) is 10.9. The van der Waals surface area contributed by atoms with E-state index in [9.17, 15) is 0 Å². The summed E-state index contributed by atoms with van der Waals surface area (Å²) in [6, 6.07) is 52.8. The molecule has 2 aromatic heterocycles. The van der Waals surface area contributed by atoms with Crippen molar-refractivity contribution in [1.82, 2.24) is 4.98 Å². The first-order valence-electron chi connectivity index (χ1n) is 14.1. The van der Waals surface area contributed by atoms with Gasteiger partial charge in [0, 0.05) is 45.2 Å². The summed E-state index contributed by atoms with van der Waals surface area (Å²) in [6.45, 7) is 0. The van der Waals surface area contributed by atoms with Crippen LogP contribution in [-0.4, -0.2) is 4.98 Å².